The summed E-state index contributed by atoms with van der Waals surface area (Å²) in [6.07, 6.45) is -4.37. The second-order valence-corrected chi connectivity index (χ2v) is 11.1. The van der Waals surface area contributed by atoms with Crippen molar-refractivity contribution >= 4 is 34.0 Å². The van der Waals surface area contributed by atoms with Crippen LogP contribution in [0.1, 0.15) is 42.1 Å². The molecule has 0 saturated heterocycles. The van der Waals surface area contributed by atoms with Gasteiger partial charge in [-0.3, -0.25) is 4.57 Å². The van der Waals surface area contributed by atoms with Gasteiger partial charge in [0.25, 0.3) is 0 Å². The number of hydrogen-bond donors (Lipinski definition) is 0. The smallest absolute Gasteiger partial charge is 0.299 e. The van der Waals surface area contributed by atoms with Gasteiger partial charge in [0.15, 0.2) is 11.0 Å². The van der Waals surface area contributed by atoms with Gasteiger partial charge in [-0.15, -0.1) is 21.5 Å². The van der Waals surface area contributed by atoms with E-state index in [-0.39, 0.29) is 6.04 Å². The fourth-order valence-electron chi connectivity index (χ4n) is 4.23. The molecule has 0 atom stereocenters. The Morgan fingerprint density at radius 3 is 2.46 bits per heavy atom. The van der Waals surface area contributed by atoms with Crippen LogP contribution in [0.15, 0.2) is 65.1 Å². The van der Waals surface area contributed by atoms with Crippen molar-refractivity contribution in [1.82, 2.24) is 19.7 Å². The molecule has 0 aliphatic heterocycles. The Labute approximate surface area is 221 Å². The summed E-state index contributed by atoms with van der Waals surface area (Å²) < 4.78 is 41.6. The van der Waals surface area contributed by atoms with E-state index in [0.717, 1.165) is 50.1 Å². The summed E-state index contributed by atoms with van der Waals surface area (Å²) in [5.74, 6) is 1.07. The fourth-order valence-corrected chi connectivity index (χ4v) is 5.93. The molecule has 0 bridgehead atoms. The second kappa shape index (κ2) is 9.95. The number of aromatic nitrogens is 4. The van der Waals surface area contributed by atoms with Crippen LogP contribution in [-0.2, 0) is 11.9 Å². The van der Waals surface area contributed by atoms with E-state index < -0.39 is 11.7 Å². The highest BCUT2D eigenvalue weighted by Gasteiger charge is 2.30. The molecule has 0 fully saturated rings. The third-order valence-corrected chi connectivity index (χ3v) is 8.15. The minimum absolute atomic E-state index is 0.0361. The van der Waals surface area contributed by atoms with Crippen molar-refractivity contribution in [3.05, 3.63) is 82.2 Å². The average Bonchev–Trinajstić information content (AvgIpc) is 3.53. The van der Waals surface area contributed by atoms with E-state index in [0.29, 0.717) is 16.5 Å². The molecule has 0 unspecified atom stereocenters. The van der Waals surface area contributed by atoms with E-state index in [1.807, 2.05) is 17.5 Å². The van der Waals surface area contributed by atoms with Crippen LogP contribution in [-0.4, -0.2) is 19.7 Å². The number of alkyl halides is 3. The van der Waals surface area contributed by atoms with Crippen molar-refractivity contribution in [2.24, 2.45) is 0 Å². The van der Waals surface area contributed by atoms with Crippen LogP contribution in [0, 0.1) is 13.8 Å². The SMILES string of the molecule is Cc1cc2nc(-c3cccs3)cc(-c3nnc(SCc4cccc(C(F)(F)F)c4)n3C(C)C)c2cc1C. The largest absolute Gasteiger partial charge is 0.416 e. The van der Waals surface area contributed by atoms with E-state index in [1.54, 1.807) is 17.4 Å². The van der Waals surface area contributed by atoms with Gasteiger partial charge in [-0.1, -0.05) is 36.0 Å². The lowest BCUT2D eigenvalue weighted by atomic mass is 10.0. The molecule has 3 heterocycles. The van der Waals surface area contributed by atoms with Crippen LogP contribution >= 0.6 is 23.1 Å². The Hall–Kier alpha value is -3.17. The van der Waals surface area contributed by atoms with Gasteiger partial charge in [0.1, 0.15) is 0 Å². The molecule has 0 aliphatic rings. The number of thioether (sulfide) groups is 1. The zero-order valence-corrected chi connectivity index (χ0v) is 22.4. The topological polar surface area (TPSA) is 43.6 Å². The van der Waals surface area contributed by atoms with Crippen LogP contribution < -0.4 is 0 Å². The Kier molecular flexibility index (Phi) is 6.85. The summed E-state index contributed by atoms with van der Waals surface area (Å²) in [5.41, 5.74) is 4.96. The summed E-state index contributed by atoms with van der Waals surface area (Å²) in [5, 5.41) is 12.7. The van der Waals surface area contributed by atoms with Gasteiger partial charge in [0.2, 0.25) is 0 Å². The van der Waals surface area contributed by atoms with E-state index in [2.05, 4.69) is 60.7 Å². The normalized spacial score (nSPS) is 12.1. The number of benzene rings is 2. The number of thiophene rings is 1. The van der Waals surface area contributed by atoms with Crippen LogP contribution in [0.3, 0.4) is 0 Å². The van der Waals surface area contributed by atoms with Gasteiger partial charge >= 0.3 is 6.18 Å². The molecular formula is C28H25F3N4S2. The maximum atomic E-state index is 13.2. The monoisotopic (exact) mass is 538 g/mol. The molecule has 0 amide bonds. The molecular weight excluding hydrogens is 513 g/mol. The summed E-state index contributed by atoms with van der Waals surface area (Å²) in [4.78, 5) is 6.01. The average molecular weight is 539 g/mol. The van der Waals surface area contributed by atoms with Crippen LogP contribution in [0.4, 0.5) is 13.2 Å². The van der Waals surface area contributed by atoms with Crippen molar-refractivity contribution < 1.29 is 13.2 Å². The Bertz CT molecular complexity index is 1570. The fraction of sp³-hybridized carbons (Fsp3) is 0.250. The highest BCUT2D eigenvalue weighted by atomic mass is 32.2. The number of halogens is 3. The molecule has 0 spiro atoms. The number of pyridine rings is 1. The Morgan fingerprint density at radius 1 is 0.973 bits per heavy atom. The first-order valence-corrected chi connectivity index (χ1v) is 13.7. The van der Waals surface area contributed by atoms with Gasteiger partial charge in [-0.2, -0.15) is 13.2 Å². The standard InChI is InChI=1S/C28H25F3N4S2/c1-16(2)35-26(33-34-27(35)37-15-19-7-5-8-20(13-19)28(29,30)31)22-14-24(25-9-6-10-36-25)32-23-12-18(4)17(3)11-21(22)23/h5-14,16H,15H2,1-4H3. The molecule has 0 radical (unpaired) electrons. The lowest BCUT2D eigenvalue weighted by Gasteiger charge is -2.16. The lowest BCUT2D eigenvalue weighted by Crippen LogP contribution is -2.06. The van der Waals surface area contributed by atoms with Crippen molar-refractivity contribution in [1.29, 1.82) is 0 Å². The molecule has 3 aromatic heterocycles. The van der Waals surface area contributed by atoms with Gasteiger partial charge in [0.05, 0.1) is 21.7 Å². The van der Waals surface area contributed by atoms with Gasteiger partial charge < -0.3 is 0 Å². The third-order valence-electron chi connectivity index (χ3n) is 6.24. The van der Waals surface area contributed by atoms with E-state index in [1.165, 1.54) is 23.9 Å². The number of hydrogen-bond acceptors (Lipinski definition) is 5. The quantitative estimate of drug-likeness (QED) is 0.203. The third kappa shape index (κ3) is 5.15. The predicted molar refractivity (Wildman–Crippen MR) is 145 cm³/mol. The molecule has 0 aliphatic carbocycles. The Morgan fingerprint density at radius 2 is 1.76 bits per heavy atom. The van der Waals surface area contributed by atoms with Gasteiger partial charge in [-0.05, 0) is 80.1 Å². The molecule has 0 N–H and O–H groups in total. The molecule has 0 saturated carbocycles. The highest BCUT2D eigenvalue weighted by molar-refractivity contribution is 7.98. The van der Waals surface area contributed by atoms with Crippen LogP contribution in [0.25, 0.3) is 32.9 Å². The van der Waals surface area contributed by atoms with Gasteiger partial charge in [0, 0.05) is 22.7 Å². The first kappa shape index (κ1) is 25.5. The summed E-state index contributed by atoms with van der Waals surface area (Å²) in [6, 6.07) is 15.8. The first-order valence-electron chi connectivity index (χ1n) is 11.8. The minimum Gasteiger partial charge on any atom is -0.299 e. The number of rotatable bonds is 6. The summed E-state index contributed by atoms with van der Waals surface area (Å²) in [7, 11) is 0. The van der Waals surface area contributed by atoms with E-state index in [9.17, 15) is 13.2 Å². The van der Waals surface area contributed by atoms with Crippen molar-refractivity contribution in [3.63, 3.8) is 0 Å². The maximum absolute atomic E-state index is 13.2. The second-order valence-electron chi connectivity index (χ2n) is 9.24. The zero-order valence-electron chi connectivity index (χ0n) is 20.8. The van der Waals surface area contributed by atoms with Crippen LogP contribution in [0.2, 0.25) is 0 Å². The molecule has 5 aromatic rings. The molecule has 190 valence electrons. The summed E-state index contributed by atoms with van der Waals surface area (Å²) >= 11 is 3.02. The number of nitrogens with zero attached hydrogens (tertiary/aromatic N) is 4. The van der Waals surface area contributed by atoms with Gasteiger partial charge in [-0.25, -0.2) is 4.98 Å². The van der Waals surface area contributed by atoms with E-state index in [4.69, 9.17) is 4.98 Å². The number of aryl methyl sites for hydroxylation is 2. The van der Waals surface area contributed by atoms with Crippen LogP contribution in [0.5, 0.6) is 0 Å². The van der Waals surface area contributed by atoms with Crippen molar-refractivity contribution in [2.45, 2.75) is 50.8 Å². The zero-order chi connectivity index (χ0) is 26.3. The molecule has 37 heavy (non-hydrogen) atoms. The molecule has 2 aromatic carbocycles. The maximum Gasteiger partial charge on any atom is 0.416 e. The lowest BCUT2D eigenvalue weighted by molar-refractivity contribution is -0.137. The Balaban J connectivity index is 1.59. The minimum atomic E-state index is -4.37. The molecule has 5 rings (SSSR count). The summed E-state index contributed by atoms with van der Waals surface area (Å²) in [6.45, 7) is 8.27. The van der Waals surface area contributed by atoms with E-state index >= 15 is 0 Å². The molecule has 9 heteroatoms. The first-order chi connectivity index (χ1) is 17.6. The highest BCUT2D eigenvalue weighted by Crippen LogP contribution is 2.37. The molecule has 4 nitrogen and oxygen atoms in total. The number of fused-ring (bicyclic) bond motifs is 1. The van der Waals surface area contributed by atoms with Crippen molar-refractivity contribution in [2.75, 3.05) is 0 Å². The van der Waals surface area contributed by atoms with Crippen molar-refractivity contribution in [3.8, 4) is 22.0 Å². The predicted octanol–water partition coefficient (Wildman–Crippen LogP) is 8.73.